The van der Waals surface area contributed by atoms with Crippen molar-refractivity contribution < 1.29 is 18.9 Å². The van der Waals surface area contributed by atoms with E-state index in [1.807, 2.05) is 0 Å². The maximum atomic E-state index is 13.5. The van der Waals surface area contributed by atoms with Crippen LogP contribution in [-0.4, -0.2) is 21.6 Å². The Morgan fingerprint density at radius 1 is 1.15 bits per heavy atom. The fourth-order valence-corrected chi connectivity index (χ4v) is 5.01. The Morgan fingerprint density at radius 3 is 2.48 bits per heavy atom. The molecule has 33 heavy (non-hydrogen) atoms. The summed E-state index contributed by atoms with van der Waals surface area (Å²) in [7, 11) is 0. The number of carbonyl (C=O) groups excluding carboxylic acids is 2. The number of nitro groups is 1. The molecule has 0 saturated carbocycles. The molecular formula is C23H15N3O6S. The highest BCUT2D eigenvalue weighted by Gasteiger charge is 2.45. The van der Waals surface area contributed by atoms with Gasteiger partial charge in [0.25, 0.3) is 11.6 Å². The summed E-state index contributed by atoms with van der Waals surface area (Å²) in [4.78, 5) is 55.7. The predicted octanol–water partition coefficient (Wildman–Crippen LogP) is 4.42. The van der Waals surface area contributed by atoms with E-state index in [1.165, 1.54) is 36.1 Å². The van der Waals surface area contributed by atoms with Crippen molar-refractivity contribution in [3.63, 3.8) is 0 Å². The molecule has 1 aliphatic heterocycles. The van der Waals surface area contributed by atoms with Crippen molar-refractivity contribution in [1.82, 2.24) is 4.98 Å². The molecule has 2 aromatic heterocycles. The Kier molecular flexibility index (Phi) is 4.68. The highest BCUT2D eigenvalue weighted by atomic mass is 32.1. The lowest BCUT2D eigenvalue weighted by atomic mass is 9.98. The number of carbonyl (C=O) groups is 2. The van der Waals surface area contributed by atoms with Crippen LogP contribution in [0.4, 0.5) is 10.8 Å². The van der Waals surface area contributed by atoms with Crippen LogP contribution in [-0.2, 0) is 0 Å². The summed E-state index contributed by atoms with van der Waals surface area (Å²) in [5.41, 5.74) is 0.865. The van der Waals surface area contributed by atoms with Crippen LogP contribution in [0.1, 0.15) is 50.0 Å². The molecule has 3 heterocycles. The zero-order valence-corrected chi connectivity index (χ0v) is 18.2. The smallest absolute Gasteiger partial charge is 0.297 e. The molecule has 1 aliphatic rings. The second-order valence-electron chi connectivity index (χ2n) is 7.56. The first-order valence-corrected chi connectivity index (χ1v) is 10.7. The maximum Gasteiger partial charge on any atom is 0.297 e. The zero-order valence-electron chi connectivity index (χ0n) is 17.4. The van der Waals surface area contributed by atoms with E-state index in [4.69, 9.17) is 4.42 Å². The fraction of sp³-hybridized carbons (Fsp3) is 0.130. The van der Waals surface area contributed by atoms with Crippen LogP contribution in [0.15, 0.2) is 57.7 Å². The summed E-state index contributed by atoms with van der Waals surface area (Å²) < 4.78 is 5.86. The molecule has 0 fully saturated rings. The third kappa shape index (κ3) is 3.14. The van der Waals surface area contributed by atoms with Gasteiger partial charge in [0.2, 0.25) is 5.76 Å². The van der Waals surface area contributed by atoms with Gasteiger partial charge < -0.3 is 4.42 Å². The van der Waals surface area contributed by atoms with Gasteiger partial charge in [0.1, 0.15) is 5.58 Å². The number of nitro benzene ring substituents is 1. The van der Waals surface area contributed by atoms with Crippen molar-refractivity contribution in [3.8, 4) is 0 Å². The molecule has 0 aliphatic carbocycles. The summed E-state index contributed by atoms with van der Waals surface area (Å²) >= 11 is 1.05. The number of amides is 1. The molecule has 1 atom stereocenters. The monoisotopic (exact) mass is 461 g/mol. The van der Waals surface area contributed by atoms with Gasteiger partial charge in [-0.3, -0.25) is 29.4 Å². The molecule has 0 N–H and O–H groups in total. The molecule has 0 spiro atoms. The first-order chi connectivity index (χ1) is 15.8. The van der Waals surface area contributed by atoms with E-state index in [0.717, 1.165) is 11.3 Å². The number of para-hydroxylation sites is 1. The lowest BCUT2D eigenvalue weighted by molar-refractivity contribution is -0.384. The number of ketones is 1. The molecule has 4 aromatic rings. The zero-order chi connectivity index (χ0) is 23.4. The van der Waals surface area contributed by atoms with Gasteiger partial charge in [-0.1, -0.05) is 23.5 Å². The van der Waals surface area contributed by atoms with Crippen molar-refractivity contribution >= 4 is 44.8 Å². The Labute approximate surface area is 190 Å². The van der Waals surface area contributed by atoms with E-state index >= 15 is 0 Å². The van der Waals surface area contributed by atoms with Crippen molar-refractivity contribution in [2.45, 2.75) is 19.9 Å². The van der Waals surface area contributed by atoms with Crippen molar-refractivity contribution in [2.75, 3.05) is 4.90 Å². The van der Waals surface area contributed by atoms with E-state index in [0.29, 0.717) is 21.5 Å². The molecule has 9 nitrogen and oxygen atoms in total. The van der Waals surface area contributed by atoms with E-state index in [1.54, 1.807) is 31.2 Å². The Hall–Kier alpha value is -4.18. The van der Waals surface area contributed by atoms with Gasteiger partial charge in [-0.2, -0.15) is 0 Å². The first-order valence-electron chi connectivity index (χ1n) is 9.90. The van der Waals surface area contributed by atoms with Crippen molar-refractivity contribution in [3.05, 3.63) is 96.3 Å². The van der Waals surface area contributed by atoms with Gasteiger partial charge in [-0.25, -0.2) is 4.98 Å². The lowest BCUT2D eigenvalue weighted by Crippen LogP contribution is -2.29. The van der Waals surface area contributed by atoms with Gasteiger partial charge >= 0.3 is 0 Å². The number of rotatable bonds is 4. The number of aromatic nitrogens is 1. The van der Waals surface area contributed by atoms with Crippen LogP contribution < -0.4 is 10.3 Å². The summed E-state index contributed by atoms with van der Waals surface area (Å²) in [5.74, 6) is -0.869. The number of benzene rings is 2. The van der Waals surface area contributed by atoms with Crippen LogP contribution >= 0.6 is 11.3 Å². The van der Waals surface area contributed by atoms with E-state index < -0.39 is 16.9 Å². The molecule has 0 bridgehead atoms. The molecule has 2 aromatic carbocycles. The number of nitrogens with zero attached hydrogens (tertiary/aromatic N) is 3. The minimum absolute atomic E-state index is 0.112. The fourth-order valence-electron chi connectivity index (χ4n) is 4.02. The lowest BCUT2D eigenvalue weighted by Gasteiger charge is -2.22. The molecule has 1 amide bonds. The summed E-state index contributed by atoms with van der Waals surface area (Å²) in [5, 5.41) is 11.7. The topological polar surface area (TPSA) is 124 Å². The number of Topliss-reactive ketones (excluding diaryl/α,β-unsaturated/α-hetero) is 1. The van der Waals surface area contributed by atoms with Crippen LogP contribution in [0.25, 0.3) is 11.0 Å². The van der Waals surface area contributed by atoms with Crippen LogP contribution in [0, 0.1) is 17.0 Å². The quantitative estimate of drug-likeness (QED) is 0.250. The van der Waals surface area contributed by atoms with Crippen molar-refractivity contribution in [2.24, 2.45) is 0 Å². The number of anilines is 1. The highest BCUT2D eigenvalue weighted by molar-refractivity contribution is 7.17. The summed E-state index contributed by atoms with van der Waals surface area (Å²) in [6.45, 7) is 3.08. The standard InChI is InChI=1S/C23H15N3O6S/c1-11-21(12(2)27)33-23(24-11)25-18(13-7-9-14(10-8-13)26(30)31)17-19(28)15-5-3-4-6-16(15)32-20(17)22(25)29/h3-10,18H,1-2H3/t18-/m1/s1. The second-order valence-corrected chi connectivity index (χ2v) is 8.54. The largest absolute Gasteiger partial charge is 0.450 e. The predicted molar refractivity (Wildman–Crippen MR) is 121 cm³/mol. The second kappa shape index (κ2) is 7.45. The van der Waals surface area contributed by atoms with E-state index in [9.17, 15) is 24.5 Å². The summed E-state index contributed by atoms with van der Waals surface area (Å²) in [6, 6.07) is 11.3. The van der Waals surface area contributed by atoms with Crippen LogP contribution in [0.5, 0.6) is 0 Å². The minimum atomic E-state index is -0.917. The first kappa shape index (κ1) is 20.7. The van der Waals surface area contributed by atoms with Gasteiger partial charge in [-0.15, -0.1) is 0 Å². The van der Waals surface area contributed by atoms with Gasteiger partial charge in [0.15, 0.2) is 16.3 Å². The molecular weight excluding hydrogens is 446 g/mol. The third-order valence-electron chi connectivity index (χ3n) is 5.51. The molecule has 0 unspecified atom stereocenters. The normalized spacial score (nSPS) is 15.2. The van der Waals surface area contributed by atoms with E-state index in [-0.39, 0.29) is 38.9 Å². The van der Waals surface area contributed by atoms with Gasteiger partial charge in [0.05, 0.1) is 32.5 Å². The number of aryl methyl sites for hydroxylation is 1. The Balaban J connectivity index is 1.78. The number of hydrogen-bond acceptors (Lipinski definition) is 8. The highest BCUT2D eigenvalue weighted by Crippen LogP contribution is 2.43. The van der Waals surface area contributed by atoms with Gasteiger partial charge in [-0.05, 0) is 36.8 Å². The van der Waals surface area contributed by atoms with Gasteiger partial charge in [0, 0.05) is 19.1 Å². The number of hydrogen-bond donors (Lipinski definition) is 0. The summed E-state index contributed by atoms with van der Waals surface area (Å²) in [6.07, 6.45) is 0. The third-order valence-corrected chi connectivity index (χ3v) is 6.77. The maximum absolute atomic E-state index is 13.5. The molecule has 10 heteroatoms. The Morgan fingerprint density at radius 2 is 1.85 bits per heavy atom. The average molecular weight is 461 g/mol. The molecule has 0 radical (unpaired) electrons. The van der Waals surface area contributed by atoms with E-state index in [2.05, 4.69) is 4.98 Å². The number of fused-ring (bicyclic) bond motifs is 2. The van der Waals surface area contributed by atoms with Crippen LogP contribution in [0.3, 0.4) is 0 Å². The van der Waals surface area contributed by atoms with Crippen LogP contribution in [0.2, 0.25) is 0 Å². The molecule has 5 rings (SSSR count). The average Bonchev–Trinajstić information content (AvgIpc) is 3.32. The number of non-ortho nitro benzene ring substituents is 1. The molecule has 0 saturated heterocycles. The SMILES string of the molecule is CC(=O)c1sc(N2C(=O)c3oc4ccccc4c(=O)c3[C@H]2c2ccc([N+](=O)[O-])cc2)nc1C. The number of thiazole rings is 1. The minimum Gasteiger partial charge on any atom is -0.450 e. The van der Waals surface area contributed by atoms with Crippen molar-refractivity contribution in [1.29, 1.82) is 0 Å². The Bertz CT molecular complexity index is 1540. The molecule has 164 valence electrons.